The molecule has 1 aromatic heterocycles. The van der Waals surface area contributed by atoms with Gasteiger partial charge in [-0.05, 0) is 37.6 Å². The van der Waals surface area contributed by atoms with Crippen molar-refractivity contribution in [1.82, 2.24) is 9.47 Å². The van der Waals surface area contributed by atoms with Gasteiger partial charge in [0.15, 0.2) is 0 Å². The first-order valence-corrected chi connectivity index (χ1v) is 11.9. The normalized spacial score (nSPS) is 11.6. The fourth-order valence-electron chi connectivity index (χ4n) is 4.54. The number of hydrogen-bond acceptors (Lipinski definition) is 2. The highest BCUT2D eigenvalue weighted by Gasteiger charge is 2.30. The van der Waals surface area contributed by atoms with Crippen LogP contribution in [0.25, 0.3) is 10.9 Å². The lowest BCUT2D eigenvalue weighted by atomic mass is 9.97. The summed E-state index contributed by atoms with van der Waals surface area (Å²) in [4.78, 5) is 15.6. The molecule has 4 heteroatoms. The number of benzene rings is 3. The molecule has 0 bridgehead atoms. The number of amides is 1. The first-order valence-electron chi connectivity index (χ1n) is 11.9. The van der Waals surface area contributed by atoms with Crippen LogP contribution in [0.4, 0.5) is 4.79 Å². The predicted molar refractivity (Wildman–Crippen MR) is 143 cm³/mol. The van der Waals surface area contributed by atoms with E-state index in [0.717, 1.165) is 33.3 Å². The van der Waals surface area contributed by atoms with Crippen LogP contribution in [0, 0.1) is 0 Å². The third-order valence-corrected chi connectivity index (χ3v) is 6.11. The molecule has 0 radical (unpaired) electrons. The molecule has 1 amide bonds. The van der Waals surface area contributed by atoms with Crippen molar-refractivity contribution in [3.8, 4) is 5.75 Å². The fraction of sp³-hybridized carbons (Fsp3) is 0.194. The van der Waals surface area contributed by atoms with Crippen molar-refractivity contribution in [2.75, 3.05) is 0 Å². The van der Waals surface area contributed by atoms with Crippen LogP contribution in [0.1, 0.15) is 36.7 Å². The Labute approximate surface area is 207 Å². The first kappa shape index (κ1) is 24.1. The average molecular weight is 465 g/mol. The van der Waals surface area contributed by atoms with Crippen LogP contribution in [0.15, 0.2) is 109 Å². The average Bonchev–Trinajstić information content (AvgIpc) is 3.14. The Morgan fingerprint density at radius 3 is 2.26 bits per heavy atom. The molecule has 1 unspecified atom stereocenters. The molecular weight excluding hydrogens is 432 g/mol. The molecule has 3 aromatic carbocycles. The van der Waals surface area contributed by atoms with Crippen molar-refractivity contribution in [1.29, 1.82) is 0 Å². The minimum absolute atomic E-state index is 0.322. The maximum atomic E-state index is 13.8. The molecule has 178 valence electrons. The second kappa shape index (κ2) is 10.9. The van der Waals surface area contributed by atoms with Gasteiger partial charge in [-0.25, -0.2) is 4.79 Å². The highest BCUT2D eigenvalue weighted by Crippen LogP contribution is 2.37. The summed E-state index contributed by atoms with van der Waals surface area (Å²) in [6.45, 7) is 8.54. The summed E-state index contributed by atoms with van der Waals surface area (Å²) in [6.07, 6.45) is 4.38. The van der Waals surface area contributed by atoms with Gasteiger partial charge < -0.3 is 9.30 Å². The Balaban J connectivity index is 1.89. The Hall–Kier alpha value is -4.05. The molecule has 0 spiro atoms. The first-order chi connectivity index (χ1) is 17.0. The summed E-state index contributed by atoms with van der Waals surface area (Å²) in [5.74, 6) is 0.524. The molecule has 4 rings (SSSR count). The molecule has 0 fully saturated rings. The number of carbonyl (C=O) groups is 1. The van der Waals surface area contributed by atoms with Gasteiger partial charge in [0.1, 0.15) is 5.75 Å². The second-order valence-corrected chi connectivity index (χ2v) is 8.91. The van der Waals surface area contributed by atoms with E-state index in [1.54, 1.807) is 12.1 Å². The summed E-state index contributed by atoms with van der Waals surface area (Å²) in [5.41, 5.74) is 5.52. The van der Waals surface area contributed by atoms with Gasteiger partial charge in [0, 0.05) is 42.2 Å². The molecule has 4 nitrogen and oxygen atoms in total. The zero-order valence-corrected chi connectivity index (χ0v) is 20.6. The molecule has 35 heavy (non-hydrogen) atoms. The van der Waals surface area contributed by atoms with Crippen molar-refractivity contribution in [3.05, 3.63) is 126 Å². The molecule has 0 aliphatic heterocycles. The SMILES string of the molecule is C=CCc1c(C(C=C(C)C)N(Cc2ccccc2)C(=O)Oc2ccccc2)c2ccccc2n1C. The standard InChI is InChI=1S/C31H32N2O2/c1-5-14-28-30(26-19-12-13-20-27(26)32(28)4)29(21-23(2)3)33(22-24-15-8-6-9-16-24)31(34)35-25-17-10-7-11-18-25/h5-13,15-21,29H,1,14,22H2,2-4H3. The van der Waals surface area contributed by atoms with Gasteiger partial charge in [-0.15, -0.1) is 6.58 Å². The summed E-state index contributed by atoms with van der Waals surface area (Å²) >= 11 is 0. The number of para-hydroxylation sites is 2. The van der Waals surface area contributed by atoms with Crippen molar-refractivity contribution in [2.45, 2.75) is 32.9 Å². The number of aromatic nitrogens is 1. The number of rotatable bonds is 8. The highest BCUT2D eigenvalue weighted by molar-refractivity contribution is 5.87. The number of ether oxygens (including phenoxy) is 1. The zero-order chi connectivity index (χ0) is 24.8. The smallest absolute Gasteiger partial charge is 0.410 e. The lowest BCUT2D eigenvalue weighted by molar-refractivity contribution is 0.137. The third kappa shape index (κ3) is 5.38. The van der Waals surface area contributed by atoms with Crippen LogP contribution in [0.5, 0.6) is 5.75 Å². The Morgan fingerprint density at radius 2 is 1.60 bits per heavy atom. The Bertz CT molecular complexity index is 1330. The van der Waals surface area contributed by atoms with E-state index in [-0.39, 0.29) is 12.1 Å². The van der Waals surface area contributed by atoms with Gasteiger partial charge in [-0.3, -0.25) is 4.90 Å². The number of nitrogens with zero attached hydrogens (tertiary/aromatic N) is 2. The summed E-state index contributed by atoms with van der Waals surface area (Å²) in [5, 5.41) is 1.12. The van der Waals surface area contributed by atoms with Crippen LogP contribution in [0.2, 0.25) is 0 Å². The van der Waals surface area contributed by atoms with E-state index in [1.165, 1.54) is 0 Å². The molecule has 0 saturated carbocycles. The molecular formula is C31H32N2O2. The van der Waals surface area contributed by atoms with Crippen molar-refractivity contribution >= 4 is 17.0 Å². The summed E-state index contributed by atoms with van der Waals surface area (Å²) in [6, 6.07) is 27.3. The summed E-state index contributed by atoms with van der Waals surface area (Å²) < 4.78 is 8.09. The number of aryl methyl sites for hydroxylation is 1. The third-order valence-electron chi connectivity index (χ3n) is 6.11. The van der Waals surface area contributed by atoms with E-state index in [1.807, 2.05) is 71.6 Å². The van der Waals surface area contributed by atoms with E-state index >= 15 is 0 Å². The minimum atomic E-state index is -0.389. The van der Waals surface area contributed by atoms with Gasteiger partial charge >= 0.3 is 6.09 Å². The fourth-order valence-corrected chi connectivity index (χ4v) is 4.54. The van der Waals surface area contributed by atoms with Gasteiger partial charge in [-0.2, -0.15) is 0 Å². The van der Waals surface area contributed by atoms with Crippen molar-refractivity contribution in [3.63, 3.8) is 0 Å². The Kier molecular flexibility index (Phi) is 7.51. The zero-order valence-electron chi connectivity index (χ0n) is 20.6. The molecule has 1 heterocycles. The lowest BCUT2D eigenvalue weighted by Crippen LogP contribution is -2.36. The van der Waals surface area contributed by atoms with Crippen LogP contribution in [0.3, 0.4) is 0 Å². The van der Waals surface area contributed by atoms with E-state index in [9.17, 15) is 4.79 Å². The van der Waals surface area contributed by atoms with Gasteiger partial charge in [0.05, 0.1) is 6.04 Å². The number of fused-ring (bicyclic) bond motifs is 1. The van der Waals surface area contributed by atoms with E-state index in [0.29, 0.717) is 18.7 Å². The largest absolute Gasteiger partial charge is 0.416 e. The van der Waals surface area contributed by atoms with Crippen molar-refractivity contribution in [2.24, 2.45) is 7.05 Å². The molecule has 0 aliphatic rings. The predicted octanol–water partition coefficient (Wildman–Crippen LogP) is 7.62. The molecule has 0 N–H and O–H groups in total. The Morgan fingerprint density at radius 1 is 0.971 bits per heavy atom. The summed E-state index contributed by atoms with van der Waals surface area (Å²) in [7, 11) is 2.08. The molecule has 0 saturated heterocycles. The number of carbonyl (C=O) groups excluding carboxylic acids is 1. The van der Waals surface area contributed by atoms with Gasteiger partial charge in [0.2, 0.25) is 0 Å². The molecule has 1 atom stereocenters. The van der Waals surface area contributed by atoms with Gasteiger partial charge in [0.25, 0.3) is 0 Å². The van der Waals surface area contributed by atoms with Crippen molar-refractivity contribution < 1.29 is 9.53 Å². The topological polar surface area (TPSA) is 34.5 Å². The second-order valence-electron chi connectivity index (χ2n) is 8.91. The maximum Gasteiger partial charge on any atom is 0.416 e. The van der Waals surface area contributed by atoms with E-state index < -0.39 is 0 Å². The molecule has 4 aromatic rings. The lowest BCUT2D eigenvalue weighted by Gasteiger charge is -2.31. The quantitative estimate of drug-likeness (QED) is 0.251. The highest BCUT2D eigenvalue weighted by atomic mass is 16.6. The van der Waals surface area contributed by atoms with E-state index in [4.69, 9.17) is 4.74 Å². The van der Waals surface area contributed by atoms with Gasteiger partial charge in [-0.1, -0.05) is 84.5 Å². The molecule has 0 aliphatic carbocycles. The van der Waals surface area contributed by atoms with E-state index in [2.05, 4.69) is 50.2 Å². The van der Waals surface area contributed by atoms with Crippen LogP contribution < -0.4 is 4.74 Å². The van der Waals surface area contributed by atoms with Crippen LogP contribution in [-0.2, 0) is 20.0 Å². The maximum absolute atomic E-state index is 13.8. The van der Waals surface area contributed by atoms with Crippen LogP contribution in [-0.4, -0.2) is 15.6 Å². The number of hydrogen-bond donors (Lipinski definition) is 0. The minimum Gasteiger partial charge on any atom is -0.410 e. The monoisotopic (exact) mass is 464 g/mol. The van der Waals surface area contributed by atoms with Crippen LogP contribution >= 0.6 is 0 Å². The number of allylic oxidation sites excluding steroid dienone is 2.